The van der Waals surface area contributed by atoms with Gasteiger partial charge in [0.05, 0.1) is 11.5 Å². The van der Waals surface area contributed by atoms with Gasteiger partial charge in [-0.3, -0.25) is 14.6 Å². The molecule has 2 aromatic rings. The number of hydrogen-bond donors (Lipinski definition) is 2. The van der Waals surface area contributed by atoms with Crippen LogP contribution in [0.3, 0.4) is 0 Å². The first-order valence-corrected chi connectivity index (χ1v) is 10.1. The first-order valence-electron chi connectivity index (χ1n) is 7.87. The molecule has 1 fully saturated rings. The fraction of sp³-hybridized carbons (Fsp3) is 0.235. The highest BCUT2D eigenvalue weighted by molar-refractivity contribution is 7.91. The molecule has 9 heteroatoms. The van der Waals surface area contributed by atoms with Crippen LogP contribution in [0.2, 0.25) is 5.02 Å². The average molecular weight is 394 g/mol. The van der Waals surface area contributed by atoms with Gasteiger partial charge in [0.2, 0.25) is 0 Å². The lowest BCUT2D eigenvalue weighted by Crippen LogP contribution is -2.35. The molecular formula is C17H16ClN3O4S. The number of nitrogens with zero attached hydrogens (tertiary/aromatic N) is 1. The van der Waals surface area contributed by atoms with E-state index in [1.54, 1.807) is 24.3 Å². The molecule has 0 bridgehead atoms. The lowest BCUT2D eigenvalue weighted by molar-refractivity contribution is 0.0941. The number of aromatic nitrogens is 1. The fourth-order valence-corrected chi connectivity index (χ4v) is 4.40. The Morgan fingerprint density at radius 1 is 1.12 bits per heavy atom. The summed E-state index contributed by atoms with van der Waals surface area (Å²) in [5.74, 6) is -0.892. The minimum atomic E-state index is -3.08. The van der Waals surface area contributed by atoms with E-state index in [9.17, 15) is 18.0 Å². The van der Waals surface area contributed by atoms with E-state index in [2.05, 4.69) is 15.6 Å². The quantitative estimate of drug-likeness (QED) is 0.825. The molecule has 0 radical (unpaired) electrons. The van der Waals surface area contributed by atoms with Gasteiger partial charge in [-0.1, -0.05) is 11.6 Å². The number of hydrogen-bond acceptors (Lipinski definition) is 5. The van der Waals surface area contributed by atoms with Gasteiger partial charge in [-0.05, 0) is 42.8 Å². The van der Waals surface area contributed by atoms with Crippen LogP contribution in [-0.4, -0.2) is 42.8 Å². The second kappa shape index (κ2) is 7.43. The van der Waals surface area contributed by atoms with E-state index in [0.29, 0.717) is 17.1 Å². The van der Waals surface area contributed by atoms with Crippen molar-refractivity contribution in [2.45, 2.75) is 12.5 Å². The molecule has 26 heavy (non-hydrogen) atoms. The number of carbonyl (C=O) groups excluding carboxylic acids is 2. The summed E-state index contributed by atoms with van der Waals surface area (Å²) in [5, 5.41) is 5.89. The van der Waals surface area contributed by atoms with Crippen LogP contribution in [0, 0.1) is 0 Å². The van der Waals surface area contributed by atoms with Gasteiger partial charge >= 0.3 is 0 Å². The van der Waals surface area contributed by atoms with Gasteiger partial charge in [-0.15, -0.1) is 0 Å². The number of nitrogens with one attached hydrogen (secondary N) is 2. The molecule has 136 valence electrons. The summed E-state index contributed by atoms with van der Waals surface area (Å²) < 4.78 is 22.9. The zero-order valence-corrected chi connectivity index (χ0v) is 15.2. The Labute approximate surface area is 155 Å². The Morgan fingerprint density at radius 2 is 1.85 bits per heavy atom. The smallest absolute Gasteiger partial charge is 0.274 e. The van der Waals surface area contributed by atoms with Gasteiger partial charge in [-0.25, -0.2) is 8.42 Å². The van der Waals surface area contributed by atoms with Crippen LogP contribution in [0.4, 0.5) is 5.69 Å². The zero-order valence-electron chi connectivity index (χ0n) is 13.6. The number of sulfone groups is 1. The van der Waals surface area contributed by atoms with Gasteiger partial charge in [0.15, 0.2) is 9.84 Å². The molecule has 3 rings (SSSR count). The zero-order chi connectivity index (χ0) is 18.7. The van der Waals surface area contributed by atoms with Gasteiger partial charge in [-0.2, -0.15) is 0 Å². The molecule has 0 aliphatic carbocycles. The third-order valence-electron chi connectivity index (χ3n) is 3.92. The lowest BCUT2D eigenvalue weighted by Gasteiger charge is -2.11. The van der Waals surface area contributed by atoms with E-state index < -0.39 is 27.7 Å². The average Bonchev–Trinajstić information content (AvgIpc) is 2.95. The molecule has 1 aromatic heterocycles. The first-order chi connectivity index (χ1) is 12.3. The number of benzene rings is 1. The predicted molar refractivity (Wildman–Crippen MR) is 98.2 cm³/mol. The van der Waals surface area contributed by atoms with Crippen molar-refractivity contribution < 1.29 is 18.0 Å². The molecule has 7 nitrogen and oxygen atoms in total. The number of pyridine rings is 1. The van der Waals surface area contributed by atoms with Crippen LogP contribution in [0.1, 0.15) is 27.3 Å². The van der Waals surface area contributed by atoms with Crippen LogP contribution in [0.5, 0.6) is 0 Å². The van der Waals surface area contributed by atoms with Crippen LogP contribution in [0.15, 0.2) is 42.6 Å². The first kappa shape index (κ1) is 18.3. The van der Waals surface area contributed by atoms with Gasteiger partial charge in [0.1, 0.15) is 5.69 Å². The Bertz CT molecular complexity index is 945. The van der Waals surface area contributed by atoms with E-state index in [0.717, 1.165) is 0 Å². The molecule has 1 aliphatic heterocycles. The predicted octanol–water partition coefficient (Wildman–Crippen LogP) is 1.90. The molecule has 0 spiro atoms. The molecule has 1 saturated heterocycles. The second-order valence-corrected chi connectivity index (χ2v) is 8.63. The number of carbonyl (C=O) groups is 2. The summed E-state index contributed by atoms with van der Waals surface area (Å²) in [6.07, 6.45) is 1.75. The van der Waals surface area contributed by atoms with E-state index in [1.165, 1.54) is 18.3 Å². The highest BCUT2D eigenvalue weighted by Crippen LogP contribution is 2.15. The van der Waals surface area contributed by atoms with Crippen molar-refractivity contribution in [2.75, 3.05) is 16.8 Å². The molecule has 2 heterocycles. The number of anilines is 1. The maximum Gasteiger partial charge on any atom is 0.274 e. The molecular weight excluding hydrogens is 378 g/mol. The van der Waals surface area contributed by atoms with E-state index in [1.807, 2.05) is 0 Å². The molecule has 0 saturated carbocycles. The Kier molecular flexibility index (Phi) is 5.24. The second-order valence-electron chi connectivity index (χ2n) is 5.96. The van der Waals surface area contributed by atoms with Crippen molar-refractivity contribution in [3.05, 3.63) is 58.9 Å². The highest BCUT2D eigenvalue weighted by atomic mass is 35.5. The lowest BCUT2D eigenvalue weighted by atomic mass is 10.2. The summed E-state index contributed by atoms with van der Waals surface area (Å²) in [7, 11) is -3.08. The number of amides is 2. The minimum absolute atomic E-state index is 0.0618. The van der Waals surface area contributed by atoms with Crippen LogP contribution in [-0.2, 0) is 9.84 Å². The van der Waals surface area contributed by atoms with Crippen molar-refractivity contribution >= 4 is 38.9 Å². The highest BCUT2D eigenvalue weighted by Gasteiger charge is 2.29. The van der Waals surface area contributed by atoms with Gasteiger partial charge in [0, 0.05) is 28.5 Å². The maximum absolute atomic E-state index is 12.3. The standard InChI is InChI=1S/C17H16ClN3O4S/c18-12-1-3-13(4-2-12)20-17(23)15-9-11(5-7-19-15)16(22)21-14-6-8-26(24,25)10-14/h1-5,7,9,14H,6,8,10H2,(H,20,23)(H,21,22). The van der Waals surface area contributed by atoms with Crippen LogP contribution >= 0.6 is 11.6 Å². The molecule has 1 aromatic carbocycles. The van der Waals surface area contributed by atoms with Crippen molar-refractivity contribution in [2.24, 2.45) is 0 Å². The third-order valence-corrected chi connectivity index (χ3v) is 5.94. The van der Waals surface area contributed by atoms with Crippen molar-refractivity contribution in [1.82, 2.24) is 10.3 Å². The summed E-state index contributed by atoms with van der Waals surface area (Å²) in [6, 6.07) is 9.01. The topological polar surface area (TPSA) is 105 Å². The van der Waals surface area contributed by atoms with Crippen molar-refractivity contribution in [3.8, 4) is 0 Å². The normalized spacial score (nSPS) is 18.3. The van der Waals surface area contributed by atoms with E-state index >= 15 is 0 Å². The molecule has 1 aliphatic rings. The summed E-state index contributed by atoms with van der Waals surface area (Å²) in [6.45, 7) is 0. The molecule has 2 N–H and O–H groups in total. The number of halogens is 1. The van der Waals surface area contributed by atoms with Crippen molar-refractivity contribution in [1.29, 1.82) is 0 Å². The molecule has 1 unspecified atom stereocenters. The van der Waals surface area contributed by atoms with E-state index in [4.69, 9.17) is 11.6 Å². The summed E-state index contributed by atoms with van der Waals surface area (Å²) in [4.78, 5) is 28.6. The summed E-state index contributed by atoms with van der Waals surface area (Å²) in [5.41, 5.74) is 0.865. The van der Waals surface area contributed by atoms with Crippen molar-refractivity contribution in [3.63, 3.8) is 0 Å². The Balaban J connectivity index is 1.68. The number of rotatable bonds is 4. The van der Waals surface area contributed by atoms with E-state index in [-0.39, 0.29) is 22.8 Å². The SMILES string of the molecule is O=C(NC1CCS(=O)(=O)C1)c1ccnc(C(=O)Nc2ccc(Cl)cc2)c1. The fourth-order valence-electron chi connectivity index (χ4n) is 2.60. The third kappa shape index (κ3) is 4.59. The molecule has 2 amide bonds. The summed E-state index contributed by atoms with van der Waals surface area (Å²) >= 11 is 5.80. The maximum atomic E-state index is 12.3. The molecule has 1 atom stereocenters. The van der Waals surface area contributed by atoms with Gasteiger partial charge < -0.3 is 10.6 Å². The largest absolute Gasteiger partial charge is 0.348 e. The Morgan fingerprint density at radius 3 is 2.50 bits per heavy atom. The van der Waals surface area contributed by atoms with Crippen LogP contribution in [0.25, 0.3) is 0 Å². The minimum Gasteiger partial charge on any atom is -0.348 e. The van der Waals surface area contributed by atoms with Crippen LogP contribution < -0.4 is 10.6 Å². The van der Waals surface area contributed by atoms with Gasteiger partial charge in [0.25, 0.3) is 11.8 Å². The monoisotopic (exact) mass is 393 g/mol. The Hall–Kier alpha value is -2.45.